The molecule has 0 aliphatic carbocycles. The number of nitrogens with zero attached hydrogens (tertiary/aromatic N) is 5. The van der Waals surface area contributed by atoms with E-state index in [1.165, 1.54) is 9.91 Å². The first kappa shape index (κ1) is 48.6. The molecule has 0 radical (unpaired) electrons. The number of nitrogens with one attached hydrogen (secondary N) is 2. The van der Waals surface area contributed by atoms with E-state index in [0.29, 0.717) is 56.5 Å². The number of hydrazine groups is 1. The molecule has 4 aliphatic heterocycles. The number of cyclic esters (lactones) is 1. The Bertz CT molecular complexity index is 2600. The molecule has 3 fully saturated rings. The maximum absolute atomic E-state index is 14.8. The number of benzene rings is 2. The zero-order chi connectivity index (χ0) is 48.8. The molecule has 2 unspecified atom stereocenters. The summed E-state index contributed by atoms with van der Waals surface area (Å²) in [4.78, 5) is 78.3. The number of hydrogen-bond acceptors (Lipinski definition) is 11. The molecule has 8 rings (SSSR count). The van der Waals surface area contributed by atoms with Crippen LogP contribution >= 0.6 is 0 Å². The van der Waals surface area contributed by atoms with Gasteiger partial charge in [0.2, 0.25) is 11.8 Å². The van der Waals surface area contributed by atoms with Crippen LogP contribution in [0.2, 0.25) is 0 Å². The van der Waals surface area contributed by atoms with Gasteiger partial charge in [-0.15, -0.1) is 0 Å². The number of esters is 1. The highest BCUT2D eigenvalue weighted by Gasteiger charge is 2.51. The van der Waals surface area contributed by atoms with Gasteiger partial charge in [-0.05, 0) is 111 Å². The van der Waals surface area contributed by atoms with E-state index in [1.807, 2.05) is 39.0 Å². The monoisotopic (exact) mass is 934 g/mol. The summed E-state index contributed by atoms with van der Waals surface area (Å²) in [5, 5.41) is 16.8. The Balaban J connectivity index is 1.17. The minimum absolute atomic E-state index is 0.0121. The average Bonchev–Trinajstić information content (AvgIpc) is 3.75. The number of likely N-dealkylation sites (N-methyl/N-ethyl adjacent to an activating group) is 1. The van der Waals surface area contributed by atoms with Gasteiger partial charge in [-0.25, -0.2) is 5.43 Å². The number of phenols is 1. The Morgan fingerprint density at radius 3 is 2.50 bits per heavy atom. The Kier molecular flexibility index (Phi) is 13.8. The van der Waals surface area contributed by atoms with Crippen molar-refractivity contribution in [2.45, 2.75) is 117 Å². The van der Waals surface area contributed by atoms with E-state index >= 15 is 0 Å². The highest BCUT2D eigenvalue weighted by molar-refractivity contribution is 5.96. The van der Waals surface area contributed by atoms with Crippen LogP contribution in [0.15, 0.2) is 54.7 Å². The van der Waals surface area contributed by atoms with Gasteiger partial charge in [0.15, 0.2) is 5.60 Å². The van der Waals surface area contributed by atoms with Gasteiger partial charge in [0, 0.05) is 74.8 Å². The van der Waals surface area contributed by atoms with E-state index < -0.39 is 52.8 Å². The van der Waals surface area contributed by atoms with Gasteiger partial charge in [-0.2, -0.15) is 0 Å². The second-order valence-corrected chi connectivity index (χ2v) is 20.4. The van der Waals surface area contributed by atoms with Gasteiger partial charge in [0.05, 0.1) is 36.6 Å². The molecule has 4 amide bonds. The summed E-state index contributed by atoms with van der Waals surface area (Å²) in [7, 11) is 3.26. The van der Waals surface area contributed by atoms with Crippen LogP contribution < -0.4 is 10.7 Å². The van der Waals surface area contributed by atoms with Crippen LogP contribution in [0.5, 0.6) is 5.75 Å². The molecule has 364 valence electrons. The van der Waals surface area contributed by atoms with Crippen LogP contribution in [0.25, 0.3) is 33.3 Å². The van der Waals surface area contributed by atoms with Gasteiger partial charge in [-0.3, -0.25) is 34.0 Å². The summed E-state index contributed by atoms with van der Waals surface area (Å²) >= 11 is 0. The van der Waals surface area contributed by atoms with Crippen LogP contribution in [-0.4, -0.2) is 130 Å². The number of methoxy groups -OCH3 is 1. The van der Waals surface area contributed by atoms with Crippen molar-refractivity contribution in [3.8, 4) is 28.1 Å². The Morgan fingerprint density at radius 1 is 1.03 bits per heavy atom. The predicted molar refractivity (Wildman–Crippen MR) is 256 cm³/mol. The van der Waals surface area contributed by atoms with Gasteiger partial charge in [-0.1, -0.05) is 39.8 Å². The first-order valence-corrected chi connectivity index (χ1v) is 24.0. The fourth-order valence-corrected chi connectivity index (χ4v) is 10.4. The number of pyridine rings is 1. The van der Waals surface area contributed by atoms with Crippen molar-refractivity contribution in [3.63, 3.8) is 0 Å². The highest BCUT2D eigenvalue weighted by atomic mass is 16.6. The summed E-state index contributed by atoms with van der Waals surface area (Å²) in [5.41, 5.74) is 8.69. The molecule has 0 spiro atoms. The van der Waals surface area contributed by atoms with Crippen molar-refractivity contribution >= 4 is 40.5 Å². The van der Waals surface area contributed by atoms with Crippen molar-refractivity contribution in [1.29, 1.82) is 0 Å². The fourth-order valence-electron chi connectivity index (χ4n) is 10.4. The number of phenolic OH excluding ortho intramolecular Hbond substituents is 1. The van der Waals surface area contributed by atoms with Gasteiger partial charge in [0.25, 0.3) is 11.8 Å². The van der Waals surface area contributed by atoms with Crippen molar-refractivity contribution in [2.75, 3.05) is 47.0 Å². The van der Waals surface area contributed by atoms with Crippen LogP contribution in [-0.2, 0) is 57.6 Å². The molecular formula is C52H67N7O9. The summed E-state index contributed by atoms with van der Waals surface area (Å²) in [5.74, 6) is -2.75. The lowest BCUT2D eigenvalue weighted by Crippen LogP contribution is -2.62. The van der Waals surface area contributed by atoms with Crippen LogP contribution in [0.1, 0.15) is 90.7 Å². The molecule has 3 saturated heterocycles. The minimum atomic E-state index is -1.17. The fraction of sp³-hybridized carbons (Fsp3) is 0.538. The van der Waals surface area contributed by atoms with E-state index in [2.05, 4.69) is 54.3 Å². The molecule has 16 heteroatoms. The van der Waals surface area contributed by atoms with Gasteiger partial charge >= 0.3 is 5.97 Å². The topological polar surface area (TPSA) is 188 Å². The van der Waals surface area contributed by atoms with E-state index in [0.717, 1.165) is 39.0 Å². The maximum atomic E-state index is 14.8. The number of carbonyl (C=O) groups excluding carboxylic acids is 5. The third-order valence-corrected chi connectivity index (χ3v) is 14.2. The second kappa shape index (κ2) is 19.3. The summed E-state index contributed by atoms with van der Waals surface area (Å²) < 4.78 is 19.6. The third kappa shape index (κ3) is 9.72. The maximum Gasteiger partial charge on any atom is 0.324 e. The number of hydrogen-bond donors (Lipinski definition) is 3. The molecular weight excluding hydrogens is 867 g/mol. The van der Waals surface area contributed by atoms with E-state index in [1.54, 1.807) is 44.3 Å². The number of fused-ring (bicyclic) bond motifs is 6. The Labute approximate surface area is 398 Å². The predicted octanol–water partition coefficient (Wildman–Crippen LogP) is 5.57. The number of likely N-dealkylation sites (tertiary alicyclic amines) is 1. The number of aromatic nitrogens is 2. The van der Waals surface area contributed by atoms with Crippen LogP contribution in [0.4, 0.5) is 0 Å². The minimum Gasteiger partial charge on any atom is -0.508 e. The number of amides is 4. The van der Waals surface area contributed by atoms with Crippen LogP contribution in [0, 0.1) is 17.3 Å². The zero-order valence-electron chi connectivity index (χ0n) is 40.9. The second-order valence-electron chi connectivity index (χ2n) is 20.4. The molecule has 2 aromatic heterocycles. The number of aromatic hydroxyl groups is 1. The molecule has 6 heterocycles. The SMILES string of the molecule is CCn1c(-c2cccnc2[C@H](C)OC)c2c3cc(ccc31)-c1cc(O)cc(c1)C[C@H](NC(=O)C(C(C)C)N(C)C(=O)[C@H]1CCN(C(=O)C3(C)CO3)C1)C(=O)N1CCC[C@H](N1)C(=O)OCC(C)(C)C2. The molecule has 4 aromatic rings. The number of rotatable bonds is 10. The first-order valence-electron chi connectivity index (χ1n) is 24.0. The standard InChI is InChI=1S/C52H67N7O9/c1-10-58-42-16-15-33-25-38(42)39(45(58)37-13-11-18-53-43(37)31(4)66-9)26-51(5,6)28-67-49(64)40-14-12-19-59(55-40)48(63)41(23-32-21-35(33)24-36(60)22-32)54-46(61)44(30(2)3)56(8)47(62)34-17-20-57(27-34)50(65)52(7)29-68-52/h11,13,15-16,18,21-22,24-25,30-31,34,40-41,44,55,60H,10,12,14,17,19-20,23,26-29H2,1-9H3,(H,54,61)/t31-,34-,40-,41-,44?,52?/m0/s1. The number of epoxide rings is 1. The normalized spacial score (nSPS) is 23.8. The van der Waals surface area contributed by atoms with Crippen molar-refractivity contribution < 1.29 is 43.3 Å². The molecule has 6 bridgehead atoms. The lowest BCUT2D eigenvalue weighted by molar-refractivity contribution is -0.155. The zero-order valence-corrected chi connectivity index (χ0v) is 40.9. The van der Waals surface area contributed by atoms with E-state index in [9.17, 15) is 29.1 Å². The van der Waals surface area contributed by atoms with Crippen LogP contribution in [0.3, 0.4) is 0 Å². The molecule has 6 atom stereocenters. The lowest BCUT2D eigenvalue weighted by atomic mass is 9.84. The summed E-state index contributed by atoms with van der Waals surface area (Å²) in [6.45, 7) is 15.7. The summed E-state index contributed by atoms with van der Waals surface area (Å²) in [6, 6.07) is 12.5. The third-order valence-electron chi connectivity index (χ3n) is 14.2. The molecule has 68 heavy (non-hydrogen) atoms. The molecule has 0 saturated carbocycles. The molecule has 2 aromatic carbocycles. The van der Waals surface area contributed by atoms with Crippen molar-refractivity contribution in [2.24, 2.45) is 17.3 Å². The van der Waals surface area contributed by atoms with Crippen molar-refractivity contribution in [1.82, 2.24) is 35.1 Å². The first-order chi connectivity index (χ1) is 32.3. The quantitative estimate of drug-likeness (QED) is 0.133. The van der Waals surface area contributed by atoms with E-state index in [4.69, 9.17) is 19.2 Å². The largest absolute Gasteiger partial charge is 0.508 e. The lowest BCUT2D eigenvalue weighted by Gasteiger charge is -2.37. The highest BCUT2D eigenvalue weighted by Crippen LogP contribution is 2.42. The van der Waals surface area contributed by atoms with Gasteiger partial charge < -0.3 is 39.0 Å². The molecule has 3 N–H and O–H groups in total. The van der Waals surface area contributed by atoms with E-state index in [-0.39, 0.29) is 55.7 Å². The number of aryl methyl sites for hydroxylation is 1. The average molecular weight is 934 g/mol. The summed E-state index contributed by atoms with van der Waals surface area (Å²) in [6.07, 6.45) is 3.42. The number of carbonyl (C=O) groups is 5. The molecule has 4 aliphatic rings. The molecule has 16 nitrogen and oxygen atoms in total. The number of ether oxygens (including phenoxy) is 3. The van der Waals surface area contributed by atoms with Crippen molar-refractivity contribution in [3.05, 3.63) is 71.5 Å². The Morgan fingerprint density at radius 2 is 1.79 bits per heavy atom. The smallest absolute Gasteiger partial charge is 0.324 e. The van der Waals surface area contributed by atoms with Gasteiger partial charge in [0.1, 0.15) is 23.9 Å². The Hall–Kier alpha value is -5.84.